The fourth-order valence-corrected chi connectivity index (χ4v) is 1.85. The summed E-state index contributed by atoms with van der Waals surface area (Å²) < 4.78 is 4.99. The molecule has 0 fully saturated rings. The van der Waals surface area contributed by atoms with Crippen LogP contribution in [0.15, 0.2) is 23.0 Å². The molecule has 0 amide bonds. The molecule has 0 aliphatic rings. The van der Waals surface area contributed by atoms with E-state index in [0.717, 1.165) is 5.56 Å². The molecular formula is C13H15N3O3. The Labute approximate surface area is 110 Å². The van der Waals surface area contributed by atoms with E-state index < -0.39 is 5.97 Å². The Morgan fingerprint density at radius 3 is 2.74 bits per heavy atom. The number of carboxylic acid groups (broad SMARTS) is 1. The first-order chi connectivity index (χ1) is 9.00. The summed E-state index contributed by atoms with van der Waals surface area (Å²) in [7, 11) is 1.78. The van der Waals surface area contributed by atoms with E-state index in [1.165, 1.54) is 0 Å². The zero-order chi connectivity index (χ0) is 14.0. The van der Waals surface area contributed by atoms with Gasteiger partial charge in [-0.25, -0.2) is 4.79 Å². The lowest BCUT2D eigenvalue weighted by molar-refractivity contribution is 0.0696. The minimum atomic E-state index is -0.996. The van der Waals surface area contributed by atoms with E-state index in [1.807, 2.05) is 6.07 Å². The molecule has 0 saturated carbocycles. The van der Waals surface area contributed by atoms with Crippen LogP contribution in [0, 0.1) is 13.8 Å². The molecule has 0 unspecified atom stereocenters. The van der Waals surface area contributed by atoms with Crippen molar-refractivity contribution in [2.75, 3.05) is 11.9 Å². The molecule has 0 radical (unpaired) electrons. The summed E-state index contributed by atoms with van der Waals surface area (Å²) in [6.07, 6.45) is 3.19. The van der Waals surface area contributed by atoms with Crippen molar-refractivity contribution in [2.45, 2.75) is 20.4 Å². The molecule has 100 valence electrons. The van der Waals surface area contributed by atoms with Crippen LogP contribution in [0.1, 0.15) is 27.2 Å². The van der Waals surface area contributed by atoms with Crippen LogP contribution in [-0.2, 0) is 6.54 Å². The second kappa shape index (κ2) is 5.09. The molecule has 1 N–H and O–H groups in total. The first-order valence-corrected chi connectivity index (χ1v) is 5.80. The predicted octanol–water partition coefficient (Wildman–Crippen LogP) is 2.02. The van der Waals surface area contributed by atoms with E-state index in [9.17, 15) is 9.90 Å². The lowest BCUT2D eigenvalue weighted by Gasteiger charge is -2.20. The van der Waals surface area contributed by atoms with Crippen molar-refractivity contribution < 1.29 is 14.3 Å². The highest BCUT2D eigenvalue weighted by atomic mass is 16.4. The molecule has 19 heavy (non-hydrogen) atoms. The van der Waals surface area contributed by atoms with E-state index in [2.05, 4.69) is 10.2 Å². The molecule has 0 bridgehead atoms. The average Bonchev–Trinajstić information content (AvgIpc) is 2.84. The molecule has 0 aromatic carbocycles. The third kappa shape index (κ3) is 2.57. The van der Waals surface area contributed by atoms with Gasteiger partial charge >= 0.3 is 5.97 Å². The Morgan fingerprint density at radius 1 is 1.42 bits per heavy atom. The third-order valence-electron chi connectivity index (χ3n) is 3.01. The molecule has 0 atom stereocenters. The van der Waals surface area contributed by atoms with Gasteiger partial charge in [-0.05, 0) is 25.5 Å². The van der Waals surface area contributed by atoms with E-state index in [4.69, 9.17) is 4.42 Å². The third-order valence-corrected chi connectivity index (χ3v) is 3.01. The van der Waals surface area contributed by atoms with Crippen LogP contribution in [0.3, 0.4) is 0 Å². The molecule has 0 saturated heterocycles. The second-order valence-corrected chi connectivity index (χ2v) is 4.40. The molecule has 0 aliphatic carbocycles. The number of hydrogen-bond acceptors (Lipinski definition) is 5. The highest BCUT2D eigenvalue weighted by Crippen LogP contribution is 2.22. The normalized spacial score (nSPS) is 10.5. The summed E-state index contributed by atoms with van der Waals surface area (Å²) in [5.74, 6) is -0.638. The summed E-state index contributed by atoms with van der Waals surface area (Å²) in [4.78, 5) is 13.1. The Bertz CT molecular complexity index is 593. The SMILES string of the molecule is Cc1nnc(N(C)Cc2ccoc2)c(C(=O)O)c1C. The smallest absolute Gasteiger partial charge is 0.339 e. The van der Waals surface area contributed by atoms with E-state index >= 15 is 0 Å². The lowest BCUT2D eigenvalue weighted by atomic mass is 10.1. The molecule has 6 nitrogen and oxygen atoms in total. The van der Waals surface area contributed by atoms with Crippen LogP contribution in [0.2, 0.25) is 0 Å². The highest BCUT2D eigenvalue weighted by Gasteiger charge is 2.20. The number of furan rings is 1. The number of aromatic carboxylic acids is 1. The zero-order valence-electron chi connectivity index (χ0n) is 11.0. The number of aryl methyl sites for hydroxylation is 1. The number of carboxylic acids is 1. The van der Waals surface area contributed by atoms with Gasteiger partial charge < -0.3 is 14.4 Å². The van der Waals surface area contributed by atoms with Gasteiger partial charge in [0.1, 0.15) is 5.56 Å². The minimum absolute atomic E-state index is 0.193. The number of anilines is 1. The first kappa shape index (κ1) is 13.1. The molecular weight excluding hydrogens is 246 g/mol. The van der Waals surface area contributed by atoms with Gasteiger partial charge in [-0.1, -0.05) is 0 Å². The Morgan fingerprint density at radius 2 is 2.16 bits per heavy atom. The van der Waals surface area contributed by atoms with Crippen LogP contribution >= 0.6 is 0 Å². The van der Waals surface area contributed by atoms with Gasteiger partial charge in [-0.2, -0.15) is 5.10 Å². The van der Waals surface area contributed by atoms with Crippen molar-refractivity contribution in [2.24, 2.45) is 0 Å². The molecule has 2 aromatic heterocycles. The first-order valence-electron chi connectivity index (χ1n) is 5.80. The van der Waals surface area contributed by atoms with Crippen LogP contribution < -0.4 is 4.90 Å². The number of nitrogens with zero attached hydrogens (tertiary/aromatic N) is 3. The van der Waals surface area contributed by atoms with Gasteiger partial charge in [0.15, 0.2) is 5.82 Å². The number of carbonyl (C=O) groups is 1. The molecule has 0 aliphatic heterocycles. The monoisotopic (exact) mass is 261 g/mol. The van der Waals surface area contributed by atoms with Crippen molar-refractivity contribution >= 4 is 11.8 Å². The van der Waals surface area contributed by atoms with Crippen molar-refractivity contribution in [3.63, 3.8) is 0 Å². The van der Waals surface area contributed by atoms with Crippen molar-refractivity contribution in [3.05, 3.63) is 41.0 Å². The van der Waals surface area contributed by atoms with Crippen LogP contribution in [0.25, 0.3) is 0 Å². The maximum atomic E-state index is 11.4. The van der Waals surface area contributed by atoms with Gasteiger partial charge in [0.25, 0.3) is 0 Å². The van der Waals surface area contributed by atoms with E-state index in [-0.39, 0.29) is 5.56 Å². The van der Waals surface area contributed by atoms with Crippen LogP contribution in [0.5, 0.6) is 0 Å². The maximum absolute atomic E-state index is 11.4. The van der Waals surface area contributed by atoms with Crippen molar-refractivity contribution in [3.8, 4) is 0 Å². The van der Waals surface area contributed by atoms with E-state index in [0.29, 0.717) is 23.6 Å². The number of aromatic nitrogens is 2. The van der Waals surface area contributed by atoms with Crippen molar-refractivity contribution in [1.82, 2.24) is 10.2 Å². The fourth-order valence-electron chi connectivity index (χ4n) is 1.85. The topological polar surface area (TPSA) is 79.5 Å². The lowest BCUT2D eigenvalue weighted by Crippen LogP contribution is -2.22. The molecule has 0 spiro atoms. The molecule has 2 heterocycles. The standard InChI is InChI=1S/C13H15N3O3/c1-8-9(2)14-15-12(11(8)13(17)18)16(3)6-10-4-5-19-7-10/h4-5,7H,6H2,1-3H3,(H,17,18). The van der Waals surface area contributed by atoms with Gasteiger partial charge in [0.2, 0.25) is 0 Å². The summed E-state index contributed by atoms with van der Waals surface area (Å²) in [6, 6.07) is 1.82. The number of hydrogen-bond donors (Lipinski definition) is 1. The van der Waals surface area contributed by atoms with Crippen LogP contribution in [-0.4, -0.2) is 28.3 Å². The molecule has 2 rings (SSSR count). The van der Waals surface area contributed by atoms with Crippen molar-refractivity contribution in [1.29, 1.82) is 0 Å². The van der Waals surface area contributed by atoms with Gasteiger partial charge in [-0.3, -0.25) is 0 Å². The maximum Gasteiger partial charge on any atom is 0.339 e. The highest BCUT2D eigenvalue weighted by molar-refractivity contribution is 5.95. The quantitative estimate of drug-likeness (QED) is 0.907. The Hall–Kier alpha value is -2.37. The summed E-state index contributed by atoms with van der Waals surface area (Å²) >= 11 is 0. The number of rotatable bonds is 4. The summed E-state index contributed by atoms with van der Waals surface area (Å²) in [5, 5.41) is 17.3. The Kier molecular flexibility index (Phi) is 3.50. The van der Waals surface area contributed by atoms with Crippen LogP contribution in [0.4, 0.5) is 5.82 Å². The second-order valence-electron chi connectivity index (χ2n) is 4.40. The largest absolute Gasteiger partial charge is 0.478 e. The average molecular weight is 261 g/mol. The van der Waals surface area contributed by atoms with E-state index in [1.54, 1.807) is 38.3 Å². The van der Waals surface area contributed by atoms with Gasteiger partial charge in [0.05, 0.1) is 18.2 Å². The fraction of sp³-hybridized carbons (Fsp3) is 0.308. The zero-order valence-corrected chi connectivity index (χ0v) is 11.0. The Balaban J connectivity index is 2.38. The summed E-state index contributed by atoms with van der Waals surface area (Å²) in [6.45, 7) is 3.99. The van der Waals surface area contributed by atoms with Gasteiger partial charge in [-0.15, -0.1) is 5.10 Å². The minimum Gasteiger partial charge on any atom is -0.478 e. The van der Waals surface area contributed by atoms with Gasteiger partial charge in [0, 0.05) is 19.2 Å². The predicted molar refractivity (Wildman–Crippen MR) is 69.3 cm³/mol. The molecule has 6 heteroatoms. The summed E-state index contributed by atoms with van der Waals surface area (Å²) in [5.41, 5.74) is 2.40. The molecule has 2 aromatic rings.